The SMILES string of the molecule is CCCN=C(N)N(C)Cc1ccoc1. The molecule has 0 saturated carbocycles. The maximum Gasteiger partial charge on any atom is 0.191 e. The Morgan fingerprint density at radius 2 is 2.43 bits per heavy atom. The van der Waals surface area contributed by atoms with Gasteiger partial charge in [-0.2, -0.15) is 0 Å². The zero-order valence-corrected chi connectivity index (χ0v) is 8.73. The van der Waals surface area contributed by atoms with Gasteiger partial charge in [0.2, 0.25) is 0 Å². The second-order valence-electron chi connectivity index (χ2n) is 3.23. The van der Waals surface area contributed by atoms with Crippen LogP contribution in [0.2, 0.25) is 0 Å². The molecule has 0 unspecified atom stereocenters. The second kappa shape index (κ2) is 5.32. The first kappa shape index (κ1) is 10.6. The summed E-state index contributed by atoms with van der Waals surface area (Å²) in [5.41, 5.74) is 6.86. The molecule has 2 N–H and O–H groups in total. The minimum absolute atomic E-state index is 0.577. The van der Waals surface area contributed by atoms with E-state index < -0.39 is 0 Å². The van der Waals surface area contributed by atoms with Crippen LogP contribution in [0.5, 0.6) is 0 Å². The van der Waals surface area contributed by atoms with Gasteiger partial charge in [0.05, 0.1) is 12.5 Å². The molecular weight excluding hydrogens is 178 g/mol. The molecule has 0 saturated heterocycles. The molecule has 0 spiro atoms. The normalized spacial score (nSPS) is 11.7. The molecule has 0 aromatic carbocycles. The fourth-order valence-corrected chi connectivity index (χ4v) is 1.08. The summed E-state index contributed by atoms with van der Waals surface area (Å²) in [5.74, 6) is 0.577. The highest BCUT2D eigenvalue weighted by atomic mass is 16.3. The average Bonchev–Trinajstić information content (AvgIpc) is 2.66. The van der Waals surface area contributed by atoms with Crippen LogP contribution >= 0.6 is 0 Å². The molecule has 4 heteroatoms. The van der Waals surface area contributed by atoms with Crippen LogP contribution in [0.3, 0.4) is 0 Å². The molecule has 0 radical (unpaired) electrons. The first-order valence-electron chi connectivity index (χ1n) is 4.76. The van der Waals surface area contributed by atoms with Gasteiger partial charge in [-0.3, -0.25) is 4.99 Å². The van der Waals surface area contributed by atoms with Gasteiger partial charge < -0.3 is 15.1 Å². The summed E-state index contributed by atoms with van der Waals surface area (Å²) in [6.45, 7) is 3.59. The van der Waals surface area contributed by atoms with Crippen LogP contribution in [-0.2, 0) is 6.54 Å². The lowest BCUT2D eigenvalue weighted by atomic mass is 10.3. The van der Waals surface area contributed by atoms with Crippen molar-refractivity contribution in [3.8, 4) is 0 Å². The van der Waals surface area contributed by atoms with Gasteiger partial charge in [0.25, 0.3) is 0 Å². The Hall–Kier alpha value is -1.45. The first-order chi connectivity index (χ1) is 6.74. The van der Waals surface area contributed by atoms with Crippen LogP contribution in [0.15, 0.2) is 28.0 Å². The van der Waals surface area contributed by atoms with E-state index in [-0.39, 0.29) is 0 Å². The lowest BCUT2D eigenvalue weighted by molar-refractivity contribution is 0.484. The van der Waals surface area contributed by atoms with E-state index in [0.29, 0.717) is 5.96 Å². The Kier molecular flexibility index (Phi) is 4.04. The number of furan rings is 1. The minimum atomic E-state index is 0.577. The van der Waals surface area contributed by atoms with Gasteiger partial charge in [-0.1, -0.05) is 6.92 Å². The molecule has 0 fully saturated rings. The topological polar surface area (TPSA) is 54.8 Å². The van der Waals surface area contributed by atoms with Crippen molar-refractivity contribution in [1.82, 2.24) is 4.90 Å². The van der Waals surface area contributed by atoms with E-state index in [4.69, 9.17) is 10.2 Å². The summed E-state index contributed by atoms with van der Waals surface area (Å²) < 4.78 is 4.97. The Balaban J connectivity index is 2.45. The quantitative estimate of drug-likeness (QED) is 0.584. The van der Waals surface area contributed by atoms with Crippen LogP contribution < -0.4 is 5.73 Å². The van der Waals surface area contributed by atoms with Crippen molar-refractivity contribution in [2.75, 3.05) is 13.6 Å². The molecule has 0 aliphatic rings. The second-order valence-corrected chi connectivity index (χ2v) is 3.23. The summed E-state index contributed by atoms with van der Waals surface area (Å²) in [6.07, 6.45) is 4.38. The van der Waals surface area contributed by atoms with Crippen molar-refractivity contribution in [3.05, 3.63) is 24.2 Å². The zero-order valence-electron chi connectivity index (χ0n) is 8.73. The molecule has 0 aliphatic heterocycles. The Bertz CT molecular complexity index is 280. The van der Waals surface area contributed by atoms with E-state index in [0.717, 1.165) is 25.1 Å². The molecule has 0 atom stereocenters. The number of nitrogens with zero attached hydrogens (tertiary/aromatic N) is 2. The van der Waals surface area contributed by atoms with Crippen LogP contribution in [-0.4, -0.2) is 24.5 Å². The molecule has 1 aromatic heterocycles. The van der Waals surface area contributed by atoms with Crippen molar-refractivity contribution >= 4 is 5.96 Å². The molecule has 14 heavy (non-hydrogen) atoms. The van der Waals surface area contributed by atoms with Crippen molar-refractivity contribution in [3.63, 3.8) is 0 Å². The summed E-state index contributed by atoms with van der Waals surface area (Å²) in [4.78, 5) is 6.12. The molecule has 78 valence electrons. The maximum atomic E-state index is 5.77. The monoisotopic (exact) mass is 195 g/mol. The number of hydrogen-bond donors (Lipinski definition) is 1. The number of nitrogens with two attached hydrogens (primary N) is 1. The standard InChI is InChI=1S/C10H17N3O/c1-3-5-12-10(11)13(2)7-9-4-6-14-8-9/h4,6,8H,3,5,7H2,1-2H3,(H2,11,12). The molecule has 4 nitrogen and oxygen atoms in total. The third kappa shape index (κ3) is 3.12. The highest BCUT2D eigenvalue weighted by molar-refractivity contribution is 5.77. The summed E-state index contributed by atoms with van der Waals surface area (Å²) in [7, 11) is 1.92. The predicted octanol–water partition coefficient (Wildman–Crippen LogP) is 1.44. The highest BCUT2D eigenvalue weighted by Crippen LogP contribution is 2.03. The predicted molar refractivity (Wildman–Crippen MR) is 57.0 cm³/mol. The molecule has 0 aliphatic carbocycles. The van der Waals surface area contributed by atoms with E-state index in [1.807, 2.05) is 18.0 Å². The molecule has 1 rings (SSSR count). The zero-order chi connectivity index (χ0) is 10.4. The van der Waals surface area contributed by atoms with Crippen LogP contribution in [0, 0.1) is 0 Å². The van der Waals surface area contributed by atoms with Crippen molar-refractivity contribution < 1.29 is 4.42 Å². The highest BCUT2D eigenvalue weighted by Gasteiger charge is 2.02. The van der Waals surface area contributed by atoms with Crippen LogP contribution in [0.25, 0.3) is 0 Å². The average molecular weight is 195 g/mol. The Morgan fingerprint density at radius 1 is 1.64 bits per heavy atom. The summed E-state index contributed by atoms with van der Waals surface area (Å²) in [6, 6.07) is 1.92. The van der Waals surface area contributed by atoms with Gasteiger partial charge in [0.1, 0.15) is 0 Å². The summed E-state index contributed by atoms with van der Waals surface area (Å²) >= 11 is 0. The maximum absolute atomic E-state index is 5.77. The molecule has 0 bridgehead atoms. The first-order valence-corrected chi connectivity index (χ1v) is 4.76. The number of guanidine groups is 1. The van der Waals surface area contributed by atoms with Gasteiger partial charge in [-0.25, -0.2) is 0 Å². The lowest BCUT2D eigenvalue weighted by Crippen LogP contribution is -2.33. The number of rotatable bonds is 4. The van der Waals surface area contributed by atoms with E-state index in [2.05, 4.69) is 11.9 Å². The van der Waals surface area contributed by atoms with Crippen LogP contribution in [0.4, 0.5) is 0 Å². The summed E-state index contributed by atoms with van der Waals surface area (Å²) in [5, 5.41) is 0. The van der Waals surface area contributed by atoms with E-state index in [9.17, 15) is 0 Å². The van der Waals surface area contributed by atoms with Crippen molar-refractivity contribution in [1.29, 1.82) is 0 Å². The smallest absolute Gasteiger partial charge is 0.191 e. The fraction of sp³-hybridized carbons (Fsp3) is 0.500. The number of hydrogen-bond acceptors (Lipinski definition) is 2. The fourth-order valence-electron chi connectivity index (χ4n) is 1.08. The Morgan fingerprint density at radius 3 is 3.00 bits per heavy atom. The largest absolute Gasteiger partial charge is 0.472 e. The third-order valence-corrected chi connectivity index (χ3v) is 1.89. The van der Waals surface area contributed by atoms with Gasteiger partial charge in [-0.05, 0) is 12.5 Å². The molecule has 1 heterocycles. The lowest BCUT2D eigenvalue weighted by Gasteiger charge is -2.16. The van der Waals surface area contributed by atoms with Crippen LogP contribution in [0.1, 0.15) is 18.9 Å². The molecular formula is C10H17N3O. The third-order valence-electron chi connectivity index (χ3n) is 1.89. The van der Waals surface area contributed by atoms with Gasteiger partial charge in [-0.15, -0.1) is 0 Å². The van der Waals surface area contributed by atoms with E-state index >= 15 is 0 Å². The van der Waals surface area contributed by atoms with Crippen molar-refractivity contribution in [2.24, 2.45) is 10.7 Å². The van der Waals surface area contributed by atoms with Gasteiger partial charge in [0.15, 0.2) is 5.96 Å². The molecule has 0 amide bonds. The number of aliphatic imine (C=N–C) groups is 1. The minimum Gasteiger partial charge on any atom is -0.472 e. The van der Waals surface area contributed by atoms with Gasteiger partial charge >= 0.3 is 0 Å². The Labute approximate surface area is 84.4 Å². The van der Waals surface area contributed by atoms with E-state index in [1.165, 1.54) is 0 Å². The van der Waals surface area contributed by atoms with Gasteiger partial charge in [0, 0.05) is 25.7 Å². The van der Waals surface area contributed by atoms with E-state index in [1.54, 1.807) is 12.5 Å². The molecule has 1 aromatic rings. The van der Waals surface area contributed by atoms with Crippen molar-refractivity contribution in [2.45, 2.75) is 19.9 Å².